The Morgan fingerprint density at radius 2 is 1.48 bits per heavy atom. The number of halogens is 1. The summed E-state index contributed by atoms with van der Waals surface area (Å²) in [5.41, 5.74) is 7.75. The number of nitrogens with one attached hydrogen (secondary N) is 1. The van der Waals surface area contributed by atoms with Crippen molar-refractivity contribution in [2.24, 2.45) is 5.73 Å². The van der Waals surface area contributed by atoms with E-state index in [1.807, 2.05) is 65.6 Å². The van der Waals surface area contributed by atoms with Gasteiger partial charge in [-0.1, -0.05) is 60.7 Å². The van der Waals surface area contributed by atoms with Gasteiger partial charge in [0.2, 0.25) is 5.91 Å². The molecule has 3 amide bonds. The van der Waals surface area contributed by atoms with Gasteiger partial charge in [-0.2, -0.15) is 0 Å². The third-order valence-corrected chi connectivity index (χ3v) is 4.43. The molecular weight excluding hydrogens is 388 g/mol. The molecule has 2 aromatic carbocycles. The molecule has 0 fully saturated rings. The van der Waals surface area contributed by atoms with Gasteiger partial charge in [0.25, 0.3) is 0 Å². The number of carbonyl (C=O) groups excluding carboxylic acids is 2. The fourth-order valence-corrected chi connectivity index (χ4v) is 2.88. The predicted octanol–water partition coefficient (Wildman–Crippen LogP) is 3.02. The lowest BCUT2D eigenvalue weighted by atomic mass is 10.2. The first-order valence-electron chi connectivity index (χ1n) is 9.65. The van der Waals surface area contributed by atoms with Gasteiger partial charge >= 0.3 is 6.03 Å². The van der Waals surface area contributed by atoms with Crippen LogP contribution >= 0.6 is 12.4 Å². The Kier molecular flexibility index (Phi) is 11.5. The zero-order chi connectivity index (χ0) is 20.2. The average molecular weight is 419 g/mol. The van der Waals surface area contributed by atoms with E-state index in [1.165, 1.54) is 0 Å². The van der Waals surface area contributed by atoms with Crippen molar-refractivity contribution in [3.05, 3.63) is 71.8 Å². The van der Waals surface area contributed by atoms with Crippen LogP contribution in [0.15, 0.2) is 60.7 Å². The van der Waals surface area contributed by atoms with Crippen LogP contribution in [0.25, 0.3) is 0 Å². The number of nitrogens with zero attached hydrogens (tertiary/aromatic N) is 2. The summed E-state index contributed by atoms with van der Waals surface area (Å²) in [5, 5.41) is 2.82. The van der Waals surface area contributed by atoms with Crippen LogP contribution in [0.4, 0.5) is 4.79 Å². The number of amides is 3. The molecule has 0 aliphatic carbocycles. The standard InChI is InChI=1S/C22H30N4O2.ClH/c1-25(17-19-9-4-2-5-10-19)22(28)24-15-13-21(27)26(16-8-14-23)18-20-11-6-3-7-12-20;/h2-7,9-12H,8,13-18,23H2,1H3,(H,24,28);1H. The van der Waals surface area contributed by atoms with E-state index in [0.29, 0.717) is 32.7 Å². The van der Waals surface area contributed by atoms with Crippen LogP contribution in [0.5, 0.6) is 0 Å². The fraction of sp³-hybridized carbons (Fsp3) is 0.364. The molecule has 3 N–H and O–H groups in total. The fourth-order valence-electron chi connectivity index (χ4n) is 2.88. The maximum absolute atomic E-state index is 12.6. The highest BCUT2D eigenvalue weighted by atomic mass is 35.5. The molecular formula is C22H31ClN4O2. The SMILES string of the molecule is CN(Cc1ccccc1)C(=O)NCCC(=O)N(CCCN)Cc1ccccc1.Cl. The topological polar surface area (TPSA) is 78.7 Å². The number of urea groups is 1. The van der Waals surface area contributed by atoms with Gasteiger partial charge in [-0.05, 0) is 24.1 Å². The van der Waals surface area contributed by atoms with Crippen molar-refractivity contribution in [3.63, 3.8) is 0 Å². The van der Waals surface area contributed by atoms with E-state index in [4.69, 9.17) is 5.73 Å². The lowest BCUT2D eigenvalue weighted by Crippen LogP contribution is -2.39. The predicted molar refractivity (Wildman–Crippen MR) is 119 cm³/mol. The number of hydrogen-bond donors (Lipinski definition) is 2. The van der Waals surface area contributed by atoms with Crippen molar-refractivity contribution in [2.45, 2.75) is 25.9 Å². The molecule has 0 aromatic heterocycles. The Balaban J connectivity index is 0.00000420. The summed E-state index contributed by atoms with van der Waals surface area (Å²) in [6.07, 6.45) is 1.02. The molecule has 0 atom stereocenters. The zero-order valence-electron chi connectivity index (χ0n) is 16.9. The molecule has 0 unspecified atom stereocenters. The van der Waals surface area contributed by atoms with E-state index in [-0.39, 0.29) is 30.8 Å². The minimum absolute atomic E-state index is 0. The zero-order valence-corrected chi connectivity index (χ0v) is 17.7. The first-order chi connectivity index (χ1) is 13.6. The first kappa shape index (κ1) is 24.5. The van der Waals surface area contributed by atoms with E-state index in [2.05, 4.69) is 5.32 Å². The quantitative estimate of drug-likeness (QED) is 0.622. The van der Waals surface area contributed by atoms with Crippen LogP contribution in [-0.2, 0) is 17.9 Å². The number of benzene rings is 2. The highest BCUT2D eigenvalue weighted by Crippen LogP contribution is 2.07. The number of hydrogen-bond acceptors (Lipinski definition) is 3. The molecule has 0 aliphatic rings. The molecule has 7 heteroatoms. The Labute approximate surface area is 179 Å². The van der Waals surface area contributed by atoms with Crippen LogP contribution in [0.1, 0.15) is 24.0 Å². The van der Waals surface area contributed by atoms with Gasteiger partial charge in [-0.15, -0.1) is 12.4 Å². The van der Waals surface area contributed by atoms with Gasteiger partial charge in [0.15, 0.2) is 0 Å². The summed E-state index contributed by atoms with van der Waals surface area (Å²) < 4.78 is 0. The second-order valence-corrected chi connectivity index (χ2v) is 6.77. The van der Waals surface area contributed by atoms with E-state index in [0.717, 1.165) is 17.5 Å². The van der Waals surface area contributed by atoms with E-state index in [9.17, 15) is 9.59 Å². The van der Waals surface area contributed by atoms with Crippen molar-refractivity contribution >= 4 is 24.3 Å². The molecule has 6 nitrogen and oxygen atoms in total. The summed E-state index contributed by atoms with van der Waals surface area (Å²) in [6, 6.07) is 19.5. The molecule has 158 valence electrons. The lowest BCUT2D eigenvalue weighted by molar-refractivity contribution is -0.131. The molecule has 0 aliphatic heterocycles. The van der Waals surface area contributed by atoms with Gasteiger partial charge in [-0.3, -0.25) is 4.79 Å². The summed E-state index contributed by atoms with van der Waals surface area (Å²) in [7, 11) is 1.74. The smallest absolute Gasteiger partial charge is 0.317 e. The highest BCUT2D eigenvalue weighted by Gasteiger charge is 2.15. The summed E-state index contributed by atoms with van der Waals surface area (Å²) in [4.78, 5) is 28.3. The van der Waals surface area contributed by atoms with Crippen molar-refractivity contribution in [1.82, 2.24) is 15.1 Å². The first-order valence-corrected chi connectivity index (χ1v) is 9.65. The van der Waals surface area contributed by atoms with Crippen molar-refractivity contribution in [2.75, 3.05) is 26.7 Å². The Hall–Kier alpha value is -2.57. The van der Waals surface area contributed by atoms with Gasteiger partial charge in [0, 0.05) is 39.6 Å². The molecule has 0 bridgehead atoms. The monoisotopic (exact) mass is 418 g/mol. The number of nitrogens with two attached hydrogens (primary N) is 1. The van der Waals surface area contributed by atoms with Crippen molar-refractivity contribution < 1.29 is 9.59 Å². The third kappa shape index (κ3) is 8.98. The van der Waals surface area contributed by atoms with E-state index < -0.39 is 0 Å². The van der Waals surface area contributed by atoms with E-state index >= 15 is 0 Å². The van der Waals surface area contributed by atoms with Gasteiger partial charge < -0.3 is 20.9 Å². The molecule has 0 spiro atoms. The molecule has 29 heavy (non-hydrogen) atoms. The highest BCUT2D eigenvalue weighted by molar-refractivity contribution is 5.85. The van der Waals surface area contributed by atoms with Crippen LogP contribution in [0, 0.1) is 0 Å². The summed E-state index contributed by atoms with van der Waals surface area (Å²) in [5.74, 6) is 0.0170. The second-order valence-electron chi connectivity index (χ2n) is 6.77. The van der Waals surface area contributed by atoms with Crippen molar-refractivity contribution in [1.29, 1.82) is 0 Å². The molecule has 0 saturated carbocycles. The Bertz CT molecular complexity index is 728. The number of rotatable bonds is 10. The van der Waals surface area contributed by atoms with E-state index in [1.54, 1.807) is 11.9 Å². The molecule has 0 saturated heterocycles. The third-order valence-electron chi connectivity index (χ3n) is 4.43. The maximum Gasteiger partial charge on any atom is 0.317 e. The van der Waals surface area contributed by atoms with Crippen LogP contribution in [0.2, 0.25) is 0 Å². The molecule has 0 radical (unpaired) electrons. The Morgan fingerprint density at radius 1 is 0.931 bits per heavy atom. The molecule has 0 heterocycles. The molecule has 2 rings (SSSR count). The Morgan fingerprint density at radius 3 is 2.03 bits per heavy atom. The maximum atomic E-state index is 12.6. The van der Waals surface area contributed by atoms with Gasteiger partial charge in [0.05, 0.1) is 0 Å². The van der Waals surface area contributed by atoms with Crippen LogP contribution < -0.4 is 11.1 Å². The second kappa shape index (κ2) is 13.6. The van der Waals surface area contributed by atoms with Crippen LogP contribution in [-0.4, -0.2) is 48.4 Å². The summed E-state index contributed by atoms with van der Waals surface area (Å²) >= 11 is 0. The minimum atomic E-state index is -0.187. The van der Waals surface area contributed by atoms with Crippen molar-refractivity contribution in [3.8, 4) is 0 Å². The largest absolute Gasteiger partial charge is 0.338 e. The lowest BCUT2D eigenvalue weighted by Gasteiger charge is -2.23. The normalized spacial score (nSPS) is 10.0. The average Bonchev–Trinajstić information content (AvgIpc) is 2.72. The summed E-state index contributed by atoms with van der Waals surface area (Å²) in [6.45, 7) is 2.55. The minimum Gasteiger partial charge on any atom is -0.338 e. The van der Waals surface area contributed by atoms with Crippen LogP contribution in [0.3, 0.4) is 0 Å². The number of carbonyl (C=O) groups is 2. The molecule has 2 aromatic rings. The van der Waals surface area contributed by atoms with Gasteiger partial charge in [-0.25, -0.2) is 4.79 Å². The van der Waals surface area contributed by atoms with Gasteiger partial charge in [0.1, 0.15) is 0 Å².